The number of rotatable bonds is 5. The lowest BCUT2D eigenvalue weighted by Gasteiger charge is -2.39. The molecule has 2 bridgehead atoms. The molecule has 1 saturated carbocycles. The fourth-order valence-corrected chi connectivity index (χ4v) is 6.64. The Morgan fingerprint density at radius 1 is 1.11 bits per heavy atom. The van der Waals surface area contributed by atoms with Crippen molar-refractivity contribution in [3.05, 3.63) is 59.0 Å². The van der Waals surface area contributed by atoms with Gasteiger partial charge < -0.3 is 24.2 Å². The van der Waals surface area contributed by atoms with Gasteiger partial charge in [0.25, 0.3) is 0 Å². The summed E-state index contributed by atoms with van der Waals surface area (Å²) in [5, 5.41) is 20.4. The number of benzene rings is 2. The van der Waals surface area contributed by atoms with Crippen molar-refractivity contribution < 1.29 is 19.3 Å². The molecular weight excluding hydrogens is 454 g/mol. The van der Waals surface area contributed by atoms with Gasteiger partial charge in [-0.2, -0.15) is 5.26 Å². The summed E-state index contributed by atoms with van der Waals surface area (Å²) in [6.07, 6.45) is 5.31. The first-order valence-electron chi connectivity index (χ1n) is 12.3. The number of nitriles is 1. The number of phenols is 1. The normalized spacial score (nSPS) is 26.4. The van der Waals surface area contributed by atoms with Crippen molar-refractivity contribution >= 4 is 6.34 Å². The first-order valence-corrected chi connectivity index (χ1v) is 12.3. The molecule has 2 aliphatic heterocycles. The molecular formula is C29H33N3O4. The summed E-state index contributed by atoms with van der Waals surface area (Å²) in [6, 6.07) is 13.4. The van der Waals surface area contributed by atoms with E-state index in [0.29, 0.717) is 34.3 Å². The Morgan fingerprint density at radius 2 is 1.89 bits per heavy atom. The molecule has 1 N–H and O–H groups in total. The molecule has 5 rings (SSSR count). The van der Waals surface area contributed by atoms with Crippen LogP contribution in [-0.2, 0) is 0 Å². The fraction of sp³-hybridized carbons (Fsp3) is 0.448. The molecule has 7 nitrogen and oxygen atoms in total. The van der Waals surface area contributed by atoms with E-state index in [0.717, 1.165) is 30.5 Å². The number of allylic oxidation sites excluding steroid dienone is 1. The second kappa shape index (κ2) is 8.77. The Bertz CT molecular complexity index is 1290. The van der Waals surface area contributed by atoms with Gasteiger partial charge in [-0.3, -0.25) is 0 Å². The summed E-state index contributed by atoms with van der Waals surface area (Å²) in [4.78, 5) is 7.04. The van der Waals surface area contributed by atoms with Crippen LogP contribution in [0, 0.1) is 22.2 Å². The number of hydrogen-bond donors (Lipinski definition) is 1. The van der Waals surface area contributed by atoms with E-state index in [2.05, 4.69) is 31.7 Å². The summed E-state index contributed by atoms with van der Waals surface area (Å²) in [5.41, 5.74) is 2.60. The molecule has 2 fully saturated rings. The van der Waals surface area contributed by atoms with Gasteiger partial charge in [-0.05, 0) is 53.9 Å². The number of aliphatic imine (C=N–C) groups is 1. The van der Waals surface area contributed by atoms with Gasteiger partial charge in [-0.15, -0.1) is 0 Å². The lowest BCUT2D eigenvalue weighted by Crippen LogP contribution is -2.34. The average molecular weight is 488 g/mol. The van der Waals surface area contributed by atoms with Crippen LogP contribution in [0.25, 0.3) is 0 Å². The number of nitrogens with zero attached hydrogens (tertiary/aromatic N) is 3. The first kappa shape index (κ1) is 24.1. The van der Waals surface area contributed by atoms with Crippen LogP contribution in [0.3, 0.4) is 0 Å². The Balaban J connectivity index is 1.56. The molecule has 3 atom stereocenters. The first-order chi connectivity index (χ1) is 17.1. The third-order valence-corrected chi connectivity index (χ3v) is 7.67. The topological polar surface area (TPSA) is 87.3 Å². The Morgan fingerprint density at radius 3 is 2.61 bits per heavy atom. The molecule has 2 aromatic rings. The fourth-order valence-electron chi connectivity index (χ4n) is 6.64. The Kier molecular flexibility index (Phi) is 5.86. The molecule has 0 spiro atoms. The van der Waals surface area contributed by atoms with Crippen molar-refractivity contribution in [1.82, 2.24) is 4.90 Å². The number of ether oxygens (including phenoxy) is 3. The van der Waals surface area contributed by atoms with Crippen molar-refractivity contribution in [3.63, 3.8) is 0 Å². The van der Waals surface area contributed by atoms with Crippen LogP contribution in [0.15, 0.2) is 52.8 Å². The van der Waals surface area contributed by atoms with E-state index in [-0.39, 0.29) is 17.0 Å². The lowest BCUT2D eigenvalue weighted by atomic mass is 9.65. The van der Waals surface area contributed by atoms with E-state index in [1.165, 1.54) is 6.42 Å². The lowest BCUT2D eigenvalue weighted by molar-refractivity contribution is 0.133. The van der Waals surface area contributed by atoms with E-state index in [1.807, 2.05) is 24.5 Å². The predicted molar refractivity (Wildman–Crippen MR) is 137 cm³/mol. The maximum Gasteiger partial charge on any atom is 0.235 e. The van der Waals surface area contributed by atoms with Crippen molar-refractivity contribution in [2.75, 3.05) is 20.8 Å². The zero-order valence-corrected chi connectivity index (χ0v) is 21.5. The molecule has 36 heavy (non-hydrogen) atoms. The molecule has 2 aromatic carbocycles. The zero-order valence-electron chi connectivity index (χ0n) is 21.5. The highest BCUT2D eigenvalue weighted by Crippen LogP contribution is 2.52. The van der Waals surface area contributed by atoms with E-state index in [9.17, 15) is 10.4 Å². The third kappa shape index (κ3) is 4.26. The summed E-state index contributed by atoms with van der Waals surface area (Å²) in [6.45, 7) is 7.99. The minimum absolute atomic E-state index is 0.0899. The average Bonchev–Trinajstić information content (AvgIpc) is 3.08. The highest BCUT2D eigenvalue weighted by molar-refractivity contribution is 5.63. The number of hydrogen-bond acceptors (Lipinski definition) is 6. The van der Waals surface area contributed by atoms with Gasteiger partial charge in [0.1, 0.15) is 23.1 Å². The van der Waals surface area contributed by atoms with Crippen molar-refractivity contribution in [2.45, 2.75) is 52.0 Å². The molecule has 2 heterocycles. The van der Waals surface area contributed by atoms with Gasteiger partial charge in [0.15, 0.2) is 11.5 Å². The van der Waals surface area contributed by atoms with Crippen LogP contribution in [0.1, 0.15) is 57.1 Å². The smallest absolute Gasteiger partial charge is 0.235 e. The van der Waals surface area contributed by atoms with Gasteiger partial charge in [0, 0.05) is 24.2 Å². The van der Waals surface area contributed by atoms with Crippen LogP contribution in [-0.4, -0.2) is 43.2 Å². The van der Waals surface area contributed by atoms with Crippen molar-refractivity contribution in [2.24, 2.45) is 15.8 Å². The molecule has 0 amide bonds. The summed E-state index contributed by atoms with van der Waals surface area (Å²) < 4.78 is 17.0. The quantitative estimate of drug-likeness (QED) is 0.436. The highest BCUT2D eigenvalue weighted by Gasteiger charge is 2.49. The van der Waals surface area contributed by atoms with Crippen LogP contribution >= 0.6 is 0 Å². The van der Waals surface area contributed by atoms with Crippen LogP contribution in [0.4, 0.5) is 0 Å². The highest BCUT2D eigenvalue weighted by atomic mass is 16.5. The van der Waals surface area contributed by atoms with Crippen molar-refractivity contribution in [3.8, 4) is 29.1 Å². The van der Waals surface area contributed by atoms with Crippen molar-refractivity contribution in [1.29, 1.82) is 5.26 Å². The largest absolute Gasteiger partial charge is 0.508 e. The standard InChI is InChI=1S/C29H33N3O4/c1-28(2)12-19-13-29(3,15-28)16-32(19)17-31-27-22(14-30)26(21-8-7-20(33)11-24(21)36-27)18-6-9-23(34-4)25(10-18)35-5/h6-11,17,19,26,33H,12-13,15-16H2,1-5H3. The van der Waals surface area contributed by atoms with E-state index in [1.54, 1.807) is 32.4 Å². The number of methoxy groups -OCH3 is 2. The van der Waals surface area contributed by atoms with Gasteiger partial charge >= 0.3 is 0 Å². The molecule has 0 aromatic heterocycles. The maximum atomic E-state index is 10.3. The predicted octanol–water partition coefficient (Wildman–Crippen LogP) is 5.60. The SMILES string of the molecule is COc1ccc(C2C(C#N)=C(N=CN3CC4(C)CC3CC(C)(C)C4)Oc3cc(O)ccc32)cc1OC. The summed E-state index contributed by atoms with van der Waals surface area (Å²) in [7, 11) is 3.18. The second-order valence-corrected chi connectivity index (χ2v) is 11.3. The minimum Gasteiger partial charge on any atom is -0.508 e. The van der Waals surface area contributed by atoms with Gasteiger partial charge in [-0.1, -0.05) is 32.9 Å². The molecule has 188 valence electrons. The number of likely N-dealkylation sites (tertiary alicyclic amines) is 1. The maximum absolute atomic E-state index is 10.3. The zero-order chi connectivity index (χ0) is 25.7. The third-order valence-electron chi connectivity index (χ3n) is 7.67. The monoisotopic (exact) mass is 487 g/mol. The summed E-state index contributed by atoms with van der Waals surface area (Å²) >= 11 is 0. The number of aromatic hydroxyl groups is 1. The van der Waals surface area contributed by atoms with Gasteiger partial charge in [0.2, 0.25) is 5.88 Å². The molecule has 3 unspecified atom stereocenters. The molecule has 1 saturated heterocycles. The Hall–Kier alpha value is -3.66. The molecule has 7 heteroatoms. The van der Waals surface area contributed by atoms with Crippen LogP contribution in [0.2, 0.25) is 0 Å². The van der Waals surface area contributed by atoms with E-state index >= 15 is 0 Å². The van der Waals surface area contributed by atoms with Gasteiger partial charge in [0.05, 0.1) is 26.5 Å². The van der Waals surface area contributed by atoms with E-state index < -0.39 is 5.92 Å². The number of fused-ring (bicyclic) bond motifs is 3. The summed E-state index contributed by atoms with van der Waals surface area (Å²) in [5.74, 6) is 1.57. The minimum atomic E-state index is -0.430. The van der Waals surface area contributed by atoms with Crippen LogP contribution < -0.4 is 14.2 Å². The second-order valence-electron chi connectivity index (χ2n) is 11.3. The van der Waals surface area contributed by atoms with Gasteiger partial charge in [-0.25, -0.2) is 4.99 Å². The Labute approximate surface area is 212 Å². The van der Waals surface area contributed by atoms with Crippen LogP contribution in [0.5, 0.6) is 23.0 Å². The van der Waals surface area contributed by atoms with E-state index in [4.69, 9.17) is 19.2 Å². The molecule has 0 radical (unpaired) electrons. The molecule has 3 aliphatic rings. The number of phenolic OH excluding ortho intramolecular Hbond substituents is 1. The molecule has 1 aliphatic carbocycles.